The molecular weight excluding hydrogens is 200 g/mol. The van der Waals surface area contributed by atoms with Crippen LogP contribution in [0.1, 0.15) is 23.2 Å². The van der Waals surface area contributed by atoms with Crippen molar-refractivity contribution in [2.45, 2.75) is 18.9 Å². The molecule has 0 heterocycles. The van der Waals surface area contributed by atoms with E-state index in [0.29, 0.717) is 23.4 Å². The number of hydrogen-bond acceptors (Lipinski definition) is 2. The Morgan fingerprint density at radius 3 is 2.71 bits per heavy atom. The van der Waals surface area contributed by atoms with Crippen LogP contribution in [-0.2, 0) is 0 Å². The summed E-state index contributed by atoms with van der Waals surface area (Å²) in [7, 11) is 0. The number of carbonyl (C=O) groups excluding carboxylic acids is 1. The van der Waals surface area contributed by atoms with Crippen molar-refractivity contribution in [3.05, 3.63) is 34.9 Å². The highest BCUT2D eigenvalue weighted by Crippen LogP contribution is 2.30. The first kappa shape index (κ1) is 9.69. The Labute approximate surface area is 87.5 Å². The first-order valence-electron chi connectivity index (χ1n) is 4.64. The van der Waals surface area contributed by atoms with Gasteiger partial charge in [-0.2, -0.15) is 0 Å². The summed E-state index contributed by atoms with van der Waals surface area (Å²) in [5.41, 5.74) is 0.648. The predicted molar refractivity (Wildman–Crippen MR) is 54.5 cm³/mol. The van der Waals surface area contributed by atoms with Gasteiger partial charge in [0.05, 0.1) is 6.10 Å². The summed E-state index contributed by atoms with van der Waals surface area (Å²) in [6.07, 6.45) is 0.889. The molecule has 1 aromatic rings. The predicted octanol–water partition coefficient (Wildman–Crippen LogP) is 2.29. The Balaban J connectivity index is 2.12. The third kappa shape index (κ3) is 1.81. The summed E-state index contributed by atoms with van der Waals surface area (Å²) in [4.78, 5) is 11.8. The number of halogens is 1. The molecule has 0 bridgehead atoms. The van der Waals surface area contributed by atoms with Crippen LogP contribution >= 0.6 is 11.6 Å². The van der Waals surface area contributed by atoms with Crippen LogP contribution < -0.4 is 0 Å². The summed E-state index contributed by atoms with van der Waals surface area (Å²) < 4.78 is 0. The van der Waals surface area contributed by atoms with Gasteiger partial charge in [-0.25, -0.2) is 0 Å². The van der Waals surface area contributed by atoms with Crippen LogP contribution in [-0.4, -0.2) is 17.0 Å². The average molecular weight is 211 g/mol. The Kier molecular flexibility index (Phi) is 2.57. The summed E-state index contributed by atoms with van der Waals surface area (Å²) in [5.74, 6) is 0.0845. The molecule has 0 aromatic heterocycles. The van der Waals surface area contributed by atoms with Gasteiger partial charge in [-0.1, -0.05) is 23.7 Å². The molecule has 1 aromatic carbocycles. The quantitative estimate of drug-likeness (QED) is 0.761. The topological polar surface area (TPSA) is 37.3 Å². The van der Waals surface area contributed by atoms with Gasteiger partial charge in [-0.3, -0.25) is 4.79 Å². The molecule has 2 rings (SSSR count). The molecule has 1 fully saturated rings. The second-order valence-electron chi connectivity index (χ2n) is 3.70. The van der Waals surface area contributed by atoms with Gasteiger partial charge in [0, 0.05) is 16.5 Å². The molecule has 0 amide bonds. The van der Waals surface area contributed by atoms with Gasteiger partial charge in [0.25, 0.3) is 0 Å². The first-order chi connectivity index (χ1) is 6.66. The lowest BCUT2D eigenvalue weighted by molar-refractivity contribution is 0.0368. The Morgan fingerprint density at radius 2 is 2.14 bits per heavy atom. The molecule has 3 heteroatoms. The summed E-state index contributed by atoms with van der Waals surface area (Å²) >= 11 is 5.78. The number of hydrogen-bond donors (Lipinski definition) is 1. The van der Waals surface area contributed by atoms with E-state index in [0.717, 1.165) is 0 Å². The van der Waals surface area contributed by atoms with Crippen LogP contribution in [0, 0.1) is 5.92 Å². The Morgan fingerprint density at radius 1 is 1.43 bits per heavy atom. The third-order valence-corrected chi connectivity index (χ3v) is 2.83. The second-order valence-corrected chi connectivity index (χ2v) is 4.13. The zero-order valence-electron chi connectivity index (χ0n) is 7.61. The van der Waals surface area contributed by atoms with Gasteiger partial charge >= 0.3 is 0 Å². The van der Waals surface area contributed by atoms with Gasteiger partial charge in [0.1, 0.15) is 0 Å². The van der Waals surface area contributed by atoms with Crippen molar-refractivity contribution in [2.24, 2.45) is 5.92 Å². The maximum Gasteiger partial charge on any atom is 0.166 e. The fourth-order valence-electron chi connectivity index (χ4n) is 1.68. The molecule has 0 atom stereocenters. The number of benzene rings is 1. The molecule has 1 aliphatic rings. The lowest BCUT2D eigenvalue weighted by Crippen LogP contribution is -2.34. The minimum Gasteiger partial charge on any atom is -0.393 e. The normalized spacial score (nSPS) is 25.6. The zero-order valence-corrected chi connectivity index (χ0v) is 8.37. The van der Waals surface area contributed by atoms with Crippen LogP contribution in [0.4, 0.5) is 0 Å². The Bertz CT molecular complexity index is 356. The molecule has 2 nitrogen and oxygen atoms in total. The molecule has 0 saturated heterocycles. The molecule has 0 spiro atoms. The van der Waals surface area contributed by atoms with Gasteiger partial charge in [-0.05, 0) is 25.0 Å². The molecule has 0 radical (unpaired) electrons. The number of carbonyl (C=O) groups is 1. The smallest absolute Gasteiger partial charge is 0.166 e. The van der Waals surface area contributed by atoms with E-state index in [4.69, 9.17) is 16.7 Å². The molecule has 0 unspecified atom stereocenters. The fourth-order valence-corrected chi connectivity index (χ4v) is 1.87. The van der Waals surface area contributed by atoms with Crippen molar-refractivity contribution in [3.63, 3.8) is 0 Å². The number of Topliss-reactive ketones (excluding diaryl/α,β-unsaturated/α-hetero) is 1. The van der Waals surface area contributed by atoms with E-state index in [9.17, 15) is 4.79 Å². The molecule has 1 aliphatic carbocycles. The maximum atomic E-state index is 11.8. The van der Waals surface area contributed by atoms with Crippen molar-refractivity contribution in [3.8, 4) is 0 Å². The fraction of sp³-hybridized carbons (Fsp3) is 0.364. The SMILES string of the molecule is O=C(c1cccc(Cl)c1)C1CC(O)C1. The maximum absolute atomic E-state index is 11.8. The van der Waals surface area contributed by atoms with E-state index in [1.807, 2.05) is 0 Å². The molecule has 14 heavy (non-hydrogen) atoms. The summed E-state index contributed by atoms with van der Waals surface area (Å²) in [6.45, 7) is 0. The van der Waals surface area contributed by atoms with Crippen LogP contribution in [0.3, 0.4) is 0 Å². The average Bonchev–Trinajstić information content (AvgIpc) is 2.12. The highest BCUT2D eigenvalue weighted by atomic mass is 35.5. The van der Waals surface area contributed by atoms with Crippen molar-refractivity contribution < 1.29 is 9.90 Å². The standard InChI is InChI=1S/C11H11ClO2/c12-9-3-1-2-7(4-9)11(14)8-5-10(13)6-8/h1-4,8,10,13H,5-6H2. The van der Waals surface area contributed by atoms with Crippen LogP contribution in [0.5, 0.6) is 0 Å². The number of aliphatic hydroxyl groups is 1. The Hall–Kier alpha value is -0.860. The summed E-state index contributed by atoms with van der Waals surface area (Å²) in [5, 5.41) is 9.67. The molecule has 1 N–H and O–H groups in total. The van der Waals surface area contributed by atoms with E-state index < -0.39 is 0 Å². The molecule has 1 saturated carbocycles. The molecule has 74 valence electrons. The summed E-state index contributed by atoms with van der Waals surface area (Å²) in [6, 6.07) is 6.95. The number of ketones is 1. The lowest BCUT2D eigenvalue weighted by Gasteiger charge is -2.29. The largest absolute Gasteiger partial charge is 0.393 e. The van der Waals surface area contributed by atoms with Crippen LogP contribution in [0.2, 0.25) is 5.02 Å². The van der Waals surface area contributed by atoms with Gasteiger partial charge in [-0.15, -0.1) is 0 Å². The highest BCUT2D eigenvalue weighted by Gasteiger charge is 2.33. The highest BCUT2D eigenvalue weighted by molar-refractivity contribution is 6.31. The number of aliphatic hydroxyl groups excluding tert-OH is 1. The van der Waals surface area contributed by atoms with Crippen LogP contribution in [0.15, 0.2) is 24.3 Å². The van der Waals surface area contributed by atoms with Gasteiger partial charge in [0.2, 0.25) is 0 Å². The van der Waals surface area contributed by atoms with Crippen molar-refractivity contribution >= 4 is 17.4 Å². The minimum absolute atomic E-state index is 0.0107. The molecule has 0 aliphatic heterocycles. The van der Waals surface area contributed by atoms with Crippen LogP contribution in [0.25, 0.3) is 0 Å². The van der Waals surface area contributed by atoms with E-state index >= 15 is 0 Å². The second kappa shape index (κ2) is 3.71. The van der Waals surface area contributed by atoms with E-state index in [2.05, 4.69) is 0 Å². The zero-order chi connectivity index (χ0) is 10.1. The molecular formula is C11H11ClO2. The van der Waals surface area contributed by atoms with E-state index in [1.165, 1.54) is 0 Å². The third-order valence-electron chi connectivity index (χ3n) is 2.59. The van der Waals surface area contributed by atoms with Gasteiger partial charge in [0.15, 0.2) is 5.78 Å². The van der Waals surface area contributed by atoms with Gasteiger partial charge < -0.3 is 5.11 Å². The first-order valence-corrected chi connectivity index (χ1v) is 5.02. The van der Waals surface area contributed by atoms with E-state index in [1.54, 1.807) is 24.3 Å². The van der Waals surface area contributed by atoms with E-state index in [-0.39, 0.29) is 17.8 Å². The minimum atomic E-state index is -0.289. The monoisotopic (exact) mass is 210 g/mol. The van der Waals surface area contributed by atoms with Crippen molar-refractivity contribution in [2.75, 3.05) is 0 Å². The van der Waals surface area contributed by atoms with Crippen molar-refractivity contribution in [1.82, 2.24) is 0 Å². The lowest BCUT2D eigenvalue weighted by atomic mass is 9.77. The number of rotatable bonds is 2. The van der Waals surface area contributed by atoms with Crippen molar-refractivity contribution in [1.29, 1.82) is 0 Å².